The SMILES string of the molecule is CC(C)Oc1cccc(CC(CN)c2cccc(Cl)c2Cl)c1. The molecule has 0 aromatic heterocycles. The van der Waals surface area contributed by atoms with Gasteiger partial charge in [-0.3, -0.25) is 0 Å². The summed E-state index contributed by atoms with van der Waals surface area (Å²) < 4.78 is 5.74. The lowest BCUT2D eigenvalue weighted by molar-refractivity contribution is 0.242. The average molecular weight is 338 g/mol. The van der Waals surface area contributed by atoms with Crippen molar-refractivity contribution in [2.45, 2.75) is 32.3 Å². The first-order valence-corrected chi connectivity index (χ1v) is 8.16. The van der Waals surface area contributed by atoms with Gasteiger partial charge < -0.3 is 10.5 Å². The Morgan fingerprint density at radius 2 is 1.82 bits per heavy atom. The van der Waals surface area contributed by atoms with Gasteiger partial charge in [-0.2, -0.15) is 0 Å². The van der Waals surface area contributed by atoms with Crippen molar-refractivity contribution >= 4 is 23.2 Å². The molecule has 2 nitrogen and oxygen atoms in total. The highest BCUT2D eigenvalue weighted by Gasteiger charge is 2.16. The van der Waals surface area contributed by atoms with Crippen molar-refractivity contribution in [2.24, 2.45) is 5.73 Å². The molecule has 0 saturated heterocycles. The van der Waals surface area contributed by atoms with Crippen LogP contribution < -0.4 is 10.5 Å². The van der Waals surface area contributed by atoms with E-state index in [1.807, 2.05) is 38.1 Å². The molecule has 0 spiro atoms. The summed E-state index contributed by atoms with van der Waals surface area (Å²) in [5.41, 5.74) is 8.12. The Labute approximate surface area is 142 Å². The fourth-order valence-electron chi connectivity index (χ4n) is 2.46. The third kappa shape index (κ3) is 4.39. The number of ether oxygens (including phenoxy) is 1. The van der Waals surface area contributed by atoms with E-state index in [1.165, 1.54) is 5.56 Å². The first-order valence-electron chi connectivity index (χ1n) is 7.40. The molecule has 0 amide bonds. The molecule has 0 aliphatic heterocycles. The summed E-state index contributed by atoms with van der Waals surface area (Å²) in [7, 11) is 0. The lowest BCUT2D eigenvalue weighted by Gasteiger charge is -2.18. The molecule has 2 aromatic rings. The second kappa shape index (κ2) is 7.87. The van der Waals surface area contributed by atoms with E-state index < -0.39 is 0 Å². The van der Waals surface area contributed by atoms with E-state index in [0.29, 0.717) is 16.6 Å². The zero-order valence-corrected chi connectivity index (χ0v) is 14.4. The molecule has 118 valence electrons. The van der Waals surface area contributed by atoms with Gasteiger partial charge in [0, 0.05) is 5.92 Å². The molecule has 0 aliphatic rings. The zero-order valence-electron chi connectivity index (χ0n) is 12.9. The topological polar surface area (TPSA) is 35.2 Å². The minimum absolute atomic E-state index is 0.125. The minimum atomic E-state index is 0.125. The number of nitrogens with two attached hydrogens (primary N) is 1. The highest BCUT2D eigenvalue weighted by molar-refractivity contribution is 6.42. The first-order chi connectivity index (χ1) is 10.5. The predicted octanol–water partition coefficient (Wildman–Crippen LogP) is 5.07. The predicted molar refractivity (Wildman–Crippen MR) is 94.2 cm³/mol. The van der Waals surface area contributed by atoms with Crippen molar-refractivity contribution in [1.82, 2.24) is 0 Å². The number of benzene rings is 2. The van der Waals surface area contributed by atoms with Gasteiger partial charge in [0.05, 0.1) is 16.1 Å². The van der Waals surface area contributed by atoms with Crippen LogP contribution in [0, 0.1) is 0 Å². The highest BCUT2D eigenvalue weighted by Crippen LogP contribution is 2.32. The van der Waals surface area contributed by atoms with E-state index in [4.69, 9.17) is 33.7 Å². The van der Waals surface area contributed by atoms with Gasteiger partial charge >= 0.3 is 0 Å². The lowest BCUT2D eigenvalue weighted by atomic mass is 9.92. The van der Waals surface area contributed by atoms with Gasteiger partial charge in [0.15, 0.2) is 0 Å². The Morgan fingerprint density at radius 3 is 2.50 bits per heavy atom. The first kappa shape index (κ1) is 17.1. The summed E-state index contributed by atoms with van der Waals surface area (Å²) in [5, 5.41) is 1.16. The summed E-state index contributed by atoms with van der Waals surface area (Å²) >= 11 is 12.4. The second-order valence-corrected chi connectivity index (χ2v) is 6.38. The van der Waals surface area contributed by atoms with Crippen LogP contribution in [0.25, 0.3) is 0 Å². The monoisotopic (exact) mass is 337 g/mol. The van der Waals surface area contributed by atoms with E-state index in [9.17, 15) is 0 Å². The van der Waals surface area contributed by atoms with Gasteiger partial charge in [-0.15, -0.1) is 0 Å². The Morgan fingerprint density at radius 1 is 1.09 bits per heavy atom. The Kier molecular flexibility index (Phi) is 6.13. The van der Waals surface area contributed by atoms with Crippen molar-refractivity contribution in [3.8, 4) is 5.75 Å². The average Bonchev–Trinajstić information content (AvgIpc) is 2.48. The molecule has 0 aliphatic carbocycles. The molecule has 2 N–H and O–H groups in total. The molecule has 0 saturated carbocycles. The molecule has 0 heterocycles. The molecule has 0 radical (unpaired) electrons. The van der Waals surface area contributed by atoms with Gasteiger partial charge in [0.2, 0.25) is 0 Å². The minimum Gasteiger partial charge on any atom is -0.491 e. The van der Waals surface area contributed by atoms with Crippen molar-refractivity contribution in [3.63, 3.8) is 0 Å². The molecule has 2 rings (SSSR count). The number of halogens is 2. The maximum atomic E-state index is 6.32. The van der Waals surface area contributed by atoms with Gasteiger partial charge in [0.25, 0.3) is 0 Å². The highest BCUT2D eigenvalue weighted by atomic mass is 35.5. The maximum Gasteiger partial charge on any atom is 0.119 e. The number of rotatable bonds is 6. The van der Waals surface area contributed by atoms with E-state index in [-0.39, 0.29) is 12.0 Å². The van der Waals surface area contributed by atoms with Crippen molar-refractivity contribution in [1.29, 1.82) is 0 Å². The van der Waals surface area contributed by atoms with Gasteiger partial charge in [-0.1, -0.05) is 47.5 Å². The van der Waals surface area contributed by atoms with E-state index in [0.717, 1.165) is 17.7 Å². The molecule has 1 unspecified atom stereocenters. The molecule has 2 aromatic carbocycles. The lowest BCUT2D eigenvalue weighted by Crippen LogP contribution is -2.15. The normalized spacial score (nSPS) is 12.5. The summed E-state index contributed by atoms with van der Waals surface area (Å²) in [6, 6.07) is 13.8. The van der Waals surface area contributed by atoms with E-state index in [2.05, 4.69) is 12.1 Å². The van der Waals surface area contributed by atoms with Crippen LogP contribution in [0.15, 0.2) is 42.5 Å². The van der Waals surface area contributed by atoms with Crippen LogP contribution in [-0.2, 0) is 6.42 Å². The summed E-state index contributed by atoms with van der Waals surface area (Å²) in [5.74, 6) is 1.00. The van der Waals surface area contributed by atoms with Crippen molar-refractivity contribution < 1.29 is 4.74 Å². The maximum absolute atomic E-state index is 6.32. The molecule has 0 fully saturated rings. The van der Waals surface area contributed by atoms with Crippen molar-refractivity contribution in [2.75, 3.05) is 6.54 Å². The van der Waals surface area contributed by atoms with Crippen LogP contribution >= 0.6 is 23.2 Å². The Balaban J connectivity index is 2.21. The Hall–Kier alpha value is -1.22. The molecule has 1 atom stereocenters. The van der Waals surface area contributed by atoms with Gasteiger partial charge in [-0.25, -0.2) is 0 Å². The van der Waals surface area contributed by atoms with Crippen LogP contribution in [-0.4, -0.2) is 12.6 Å². The largest absolute Gasteiger partial charge is 0.491 e. The summed E-state index contributed by atoms with van der Waals surface area (Å²) in [6.07, 6.45) is 0.953. The van der Waals surface area contributed by atoms with Gasteiger partial charge in [-0.05, 0) is 56.1 Å². The fourth-order valence-corrected chi connectivity index (χ4v) is 2.92. The summed E-state index contributed by atoms with van der Waals surface area (Å²) in [6.45, 7) is 4.54. The quantitative estimate of drug-likeness (QED) is 0.798. The standard InChI is InChI=1S/C18H21Cl2NO/c1-12(2)22-15-6-3-5-13(10-15)9-14(11-21)16-7-4-8-17(19)18(16)20/h3-8,10,12,14H,9,11,21H2,1-2H3. The van der Waals surface area contributed by atoms with Crippen molar-refractivity contribution in [3.05, 3.63) is 63.6 Å². The van der Waals surface area contributed by atoms with E-state index >= 15 is 0 Å². The molecule has 22 heavy (non-hydrogen) atoms. The van der Waals surface area contributed by atoms with Gasteiger partial charge in [0.1, 0.15) is 5.75 Å². The molecular weight excluding hydrogens is 317 g/mol. The third-order valence-corrected chi connectivity index (χ3v) is 4.29. The second-order valence-electron chi connectivity index (χ2n) is 5.59. The molecule has 0 bridgehead atoms. The van der Waals surface area contributed by atoms with Crippen LogP contribution in [0.5, 0.6) is 5.75 Å². The van der Waals surface area contributed by atoms with Crippen LogP contribution in [0.2, 0.25) is 10.0 Å². The molecule has 4 heteroatoms. The number of hydrogen-bond donors (Lipinski definition) is 1. The zero-order chi connectivity index (χ0) is 16.1. The van der Waals surface area contributed by atoms with E-state index in [1.54, 1.807) is 6.07 Å². The molecular formula is C18H21Cl2NO. The Bertz CT molecular complexity index is 628. The summed E-state index contributed by atoms with van der Waals surface area (Å²) in [4.78, 5) is 0. The van der Waals surface area contributed by atoms with Crippen LogP contribution in [0.4, 0.5) is 0 Å². The van der Waals surface area contributed by atoms with Crippen LogP contribution in [0.3, 0.4) is 0 Å². The third-order valence-electron chi connectivity index (χ3n) is 3.46. The van der Waals surface area contributed by atoms with Crippen LogP contribution in [0.1, 0.15) is 30.9 Å². The number of hydrogen-bond acceptors (Lipinski definition) is 2. The fraction of sp³-hybridized carbons (Fsp3) is 0.333. The smallest absolute Gasteiger partial charge is 0.119 e.